The van der Waals surface area contributed by atoms with Crippen molar-refractivity contribution >= 4 is 0 Å². The first-order valence-corrected chi connectivity index (χ1v) is 7.54. The molecule has 21 heavy (non-hydrogen) atoms. The Morgan fingerprint density at radius 1 is 1.00 bits per heavy atom. The van der Waals surface area contributed by atoms with Gasteiger partial charge in [-0.15, -0.1) is 0 Å². The highest BCUT2D eigenvalue weighted by molar-refractivity contribution is 5.35. The maximum atomic E-state index is 10.5. The van der Waals surface area contributed by atoms with E-state index in [0.717, 1.165) is 28.2 Å². The second kappa shape index (κ2) is 5.69. The van der Waals surface area contributed by atoms with E-state index in [1.807, 2.05) is 20.8 Å². The maximum Gasteiger partial charge on any atom is 0.107 e. The molecule has 1 unspecified atom stereocenters. The SMILES string of the molecule is Cc1oc(C)c(C(O)Cc2ccc(C(C)(C)C)cc2)c1C. The number of aliphatic hydroxyl groups excluding tert-OH is 1. The van der Waals surface area contributed by atoms with Crippen molar-refractivity contribution in [2.75, 3.05) is 0 Å². The molecule has 1 aromatic heterocycles. The first-order valence-electron chi connectivity index (χ1n) is 7.54. The van der Waals surface area contributed by atoms with Crippen molar-refractivity contribution in [1.29, 1.82) is 0 Å². The van der Waals surface area contributed by atoms with Gasteiger partial charge in [0.15, 0.2) is 0 Å². The molecule has 1 heterocycles. The first kappa shape index (κ1) is 15.8. The minimum atomic E-state index is -0.511. The molecule has 114 valence electrons. The summed E-state index contributed by atoms with van der Waals surface area (Å²) in [7, 11) is 0. The largest absolute Gasteiger partial charge is 0.466 e. The minimum Gasteiger partial charge on any atom is -0.466 e. The Morgan fingerprint density at radius 3 is 2.00 bits per heavy atom. The molecule has 2 rings (SSSR count). The lowest BCUT2D eigenvalue weighted by Crippen LogP contribution is -2.11. The Balaban J connectivity index is 2.18. The lowest BCUT2D eigenvalue weighted by atomic mass is 9.86. The van der Waals surface area contributed by atoms with Crippen molar-refractivity contribution < 1.29 is 9.52 Å². The molecule has 1 aromatic carbocycles. The van der Waals surface area contributed by atoms with E-state index in [9.17, 15) is 5.11 Å². The smallest absolute Gasteiger partial charge is 0.107 e. The molecule has 2 heteroatoms. The number of aliphatic hydroxyl groups is 1. The summed E-state index contributed by atoms with van der Waals surface area (Å²) in [6, 6.07) is 8.54. The van der Waals surface area contributed by atoms with Crippen LogP contribution < -0.4 is 0 Å². The summed E-state index contributed by atoms with van der Waals surface area (Å²) in [6.07, 6.45) is 0.105. The zero-order valence-electron chi connectivity index (χ0n) is 13.9. The van der Waals surface area contributed by atoms with Crippen LogP contribution in [0.15, 0.2) is 28.7 Å². The molecular weight excluding hydrogens is 260 g/mol. The van der Waals surface area contributed by atoms with E-state index in [4.69, 9.17) is 4.42 Å². The molecular formula is C19H26O2. The van der Waals surface area contributed by atoms with Crippen molar-refractivity contribution in [3.63, 3.8) is 0 Å². The molecule has 0 saturated heterocycles. The lowest BCUT2D eigenvalue weighted by molar-refractivity contribution is 0.176. The Morgan fingerprint density at radius 2 is 1.57 bits per heavy atom. The average molecular weight is 286 g/mol. The highest BCUT2D eigenvalue weighted by Gasteiger charge is 2.20. The molecule has 0 amide bonds. The molecule has 0 aliphatic rings. The van der Waals surface area contributed by atoms with Crippen LogP contribution in [-0.4, -0.2) is 5.11 Å². The van der Waals surface area contributed by atoms with Gasteiger partial charge in [-0.1, -0.05) is 45.0 Å². The minimum absolute atomic E-state index is 0.159. The number of hydrogen-bond acceptors (Lipinski definition) is 2. The second-order valence-electron chi connectivity index (χ2n) is 6.92. The van der Waals surface area contributed by atoms with Gasteiger partial charge >= 0.3 is 0 Å². The van der Waals surface area contributed by atoms with E-state index in [1.54, 1.807) is 0 Å². The van der Waals surface area contributed by atoms with Gasteiger partial charge in [0.2, 0.25) is 0 Å². The molecule has 0 aliphatic carbocycles. The highest BCUT2D eigenvalue weighted by atomic mass is 16.3. The van der Waals surface area contributed by atoms with Gasteiger partial charge in [0.1, 0.15) is 11.5 Å². The van der Waals surface area contributed by atoms with Crippen molar-refractivity contribution in [2.45, 2.75) is 59.5 Å². The van der Waals surface area contributed by atoms with Crippen LogP contribution in [0.1, 0.15) is 60.6 Å². The number of benzene rings is 1. The van der Waals surface area contributed by atoms with E-state index in [2.05, 4.69) is 45.0 Å². The molecule has 0 bridgehead atoms. The second-order valence-corrected chi connectivity index (χ2v) is 6.92. The molecule has 0 fully saturated rings. The predicted molar refractivity (Wildman–Crippen MR) is 86.7 cm³/mol. The van der Waals surface area contributed by atoms with E-state index in [0.29, 0.717) is 6.42 Å². The standard InChI is InChI=1S/C19H26O2/c1-12-13(2)21-14(3)18(12)17(20)11-15-7-9-16(10-8-15)19(4,5)6/h7-10,17,20H,11H2,1-6H3. The summed E-state index contributed by atoms with van der Waals surface area (Å²) in [6.45, 7) is 12.5. The van der Waals surface area contributed by atoms with Crippen molar-refractivity contribution in [3.8, 4) is 0 Å². The van der Waals surface area contributed by atoms with Crippen LogP contribution >= 0.6 is 0 Å². The summed E-state index contributed by atoms with van der Waals surface area (Å²) in [4.78, 5) is 0. The molecule has 1 atom stereocenters. The monoisotopic (exact) mass is 286 g/mol. The van der Waals surface area contributed by atoms with Gasteiger partial charge in [-0.05, 0) is 42.9 Å². The summed E-state index contributed by atoms with van der Waals surface area (Å²) in [5.74, 6) is 1.72. The van der Waals surface area contributed by atoms with Crippen LogP contribution in [0.5, 0.6) is 0 Å². The van der Waals surface area contributed by atoms with Gasteiger partial charge in [0.05, 0.1) is 6.10 Å². The normalized spacial score (nSPS) is 13.5. The molecule has 0 radical (unpaired) electrons. The number of hydrogen-bond donors (Lipinski definition) is 1. The topological polar surface area (TPSA) is 33.4 Å². The van der Waals surface area contributed by atoms with Gasteiger partial charge in [0.25, 0.3) is 0 Å². The maximum absolute atomic E-state index is 10.5. The third-order valence-corrected chi connectivity index (χ3v) is 4.20. The van der Waals surface area contributed by atoms with Crippen LogP contribution in [0.4, 0.5) is 0 Å². The zero-order chi connectivity index (χ0) is 15.8. The fourth-order valence-corrected chi connectivity index (χ4v) is 2.77. The summed E-state index contributed by atoms with van der Waals surface area (Å²) in [5.41, 5.74) is 4.62. The summed E-state index contributed by atoms with van der Waals surface area (Å²) < 4.78 is 5.61. The van der Waals surface area contributed by atoms with E-state index in [1.165, 1.54) is 5.56 Å². The molecule has 2 nitrogen and oxygen atoms in total. The van der Waals surface area contributed by atoms with Crippen molar-refractivity contribution in [1.82, 2.24) is 0 Å². The Hall–Kier alpha value is -1.54. The van der Waals surface area contributed by atoms with Crippen LogP contribution in [0.2, 0.25) is 0 Å². The Bertz CT molecular complexity index is 612. The van der Waals surface area contributed by atoms with Crippen LogP contribution in [0, 0.1) is 20.8 Å². The van der Waals surface area contributed by atoms with Crippen LogP contribution in [0.25, 0.3) is 0 Å². The fraction of sp³-hybridized carbons (Fsp3) is 0.474. The van der Waals surface area contributed by atoms with E-state index in [-0.39, 0.29) is 5.41 Å². The Labute approximate surface area is 127 Å². The quantitative estimate of drug-likeness (QED) is 0.881. The highest BCUT2D eigenvalue weighted by Crippen LogP contribution is 2.30. The van der Waals surface area contributed by atoms with Gasteiger partial charge in [-0.3, -0.25) is 0 Å². The molecule has 2 aromatic rings. The van der Waals surface area contributed by atoms with Crippen LogP contribution in [-0.2, 0) is 11.8 Å². The summed E-state index contributed by atoms with van der Waals surface area (Å²) >= 11 is 0. The lowest BCUT2D eigenvalue weighted by Gasteiger charge is -2.19. The van der Waals surface area contributed by atoms with Crippen LogP contribution in [0.3, 0.4) is 0 Å². The predicted octanol–water partition coefficient (Wildman–Crippen LogP) is 4.78. The number of furan rings is 1. The van der Waals surface area contributed by atoms with Gasteiger partial charge in [-0.25, -0.2) is 0 Å². The first-order chi connectivity index (χ1) is 9.70. The Kier molecular flexibility index (Phi) is 4.29. The van der Waals surface area contributed by atoms with E-state index < -0.39 is 6.10 Å². The third-order valence-electron chi connectivity index (χ3n) is 4.20. The van der Waals surface area contributed by atoms with Gasteiger partial charge in [0, 0.05) is 12.0 Å². The number of rotatable bonds is 3. The third kappa shape index (κ3) is 3.38. The molecule has 1 N–H and O–H groups in total. The van der Waals surface area contributed by atoms with Crippen molar-refractivity contribution in [2.24, 2.45) is 0 Å². The molecule has 0 saturated carbocycles. The van der Waals surface area contributed by atoms with Crippen molar-refractivity contribution in [3.05, 3.63) is 58.0 Å². The molecule has 0 aliphatic heterocycles. The molecule has 0 spiro atoms. The summed E-state index contributed by atoms with van der Waals surface area (Å²) in [5, 5.41) is 10.5. The van der Waals surface area contributed by atoms with E-state index >= 15 is 0 Å². The fourth-order valence-electron chi connectivity index (χ4n) is 2.77. The van der Waals surface area contributed by atoms with Gasteiger partial charge < -0.3 is 9.52 Å². The van der Waals surface area contributed by atoms with Gasteiger partial charge in [-0.2, -0.15) is 0 Å². The number of aryl methyl sites for hydroxylation is 2. The zero-order valence-corrected chi connectivity index (χ0v) is 13.9. The average Bonchev–Trinajstić information content (AvgIpc) is 2.62.